The van der Waals surface area contributed by atoms with Crippen molar-refractivity contribution in [2.75, 3.05) is 54.1 Å². The van der Waals surface area contributed by atoms with Crippen molar-refractivity contribution in [1.82, 2.24) is 0 Å². The van der Waals surface area contributed by atoms with E-state index in [4.69, 9.17) is 18.5 Å². The molecule has 0 N–H and O–H groups in total. The summed E-state index contributed by atoms with van der Waals surface area (Å²) in [6, 6.07) is 0. The third-order valence-corrected chi connectivity index (χ3v) is 11.8. The van der Waals surface area contributed by atoms with Crippen LogP contribution >= 0.6 is 7.82 Å². The number of quaternary nitrogens is 1. The Morgan fingerprint density at radius 2 is 0.866 bits per heavy atom. The molecule has 2 unspecified atom stereocenters. The second-order valence-electron chi connectivity index (χ2n) is 18.5. The van der Waals surface area contributed by atoms with Gasteiger partial charge in [0.05, 0.1) is 34.4 Å². The maximum absolute atomic E-state index is 12.8. The molecule has 67 heavy (non-hydrogen) atoms. The van der Waals surface area contributed by atoms with Gasteiger partial charge in [-0.25, -0.2) is 0 Å². The molecule has 384 valence electrons. The first-order valence-electron chi connectivity index (χ1n) is 26.6. The van der Waals surface area contributed by atoms with E-state index in [1.54, 1.807) is 0 Å². The number of hydrogen-bond donors (Lipinski definition) is 0. The van der Waals surface area contributed by atoms with Gasteiger partial charge in [-0.05, 0) is 103 Å². The van der Waals surface area contributed by atoms with E-state index < -0.39 is 13.9 Å². The highest BCUT2D eigenvalue weighted by molar-refractivity contribution is 7.45. The fourth-order valence-electron chi connectivity index (χ4n) is 6.73. The quantitative estimate of drug-likeness (QED) is 0.0197. The summed E-state index contributed by atoms with van der Waals surface area (Å²) in [5, 5.41) is 0. The lowest BCUT2D eigenvalue weighted by atomic mass is 10.1. The zero-order chi connectivity index (χ0) is 49.0. The maximum Gasteiger partial charge on any atom is 0.306 e. The molecule has 0 aromatic rings. The van der Waals surface area contributed by atoms with Gasteiger partial charge < -0.3 is 27.9 Å². The minimum atomic E-state index is -4.55. The van der Waals surface area contributed by atoms with Crippen LogP contribution in [0, 0.1) is 0 Å². The van der Waals surface area contributed by atoms with Crippen molar-refractivity contribution in [3.8, 4) is 0 Å². The summed E-state index contributed by atoms with van der Waals surface area (Å²) >= 11 is 0. The zero-order valence-corrected chi connectivity index (χ0v) is 44.5. The third kappa shape index (κ3) is 54.0. The van der Waals surface area contributed by atoms with E-state index in [-0.39, 0.29) is 25.8 Å². The van der Waals surface area contributed by atoms with Crippen LogP contribution in [0.1, 0.15) is 194 Å². The SMILES string of the molecule is CC/C=C\C/C=C\C/C=C\C/C=C\C/C=C\C/C=C\C/C=C\CCCCOCC(COP(=O)([O-])OCC[N+](C)(C)C)OC(=O)CCCCCCCCCCC/C=C\C/C=C\CCCCCCC. The smallest absolute Gasteiger partial charge is 0.306 e. The largest absolute Gasteiger partial charge is 0.756 e. The van der Waals surface area contributed by atoms with Gasteiger partial charge in [-0.2, -0.15) is 0 Å². The van der Waals surface area contributed by atoms with Crippen LogP contribution in [0.4, 0.5) is 0 Å². The summed E-state index contributed by atoms with van der Waals surface area (Å²) in [4.78, 5) is 25.2. The molecule has 0 saturated heterocycles. The summed E-state index contributed by atoms with van der Waals surface area (Å²) in [6.07, 6.45) is 69.8. The molecule has 0 aliphatic rings. The second kappa shape index (κ2) is 49.6. The summed E-state index contributed by atoms with van der Waals surface area (Å²) in [5.41, 5.74) is 0. The second-order valence-corrected chi connectivity index (χ2v) is 19.9. The third-order valence-electron chi connectivity index (χ3n) is 10.8. The van der Waals surface area contributed by atoms with Crippen LogP contribution < -0.4 is 4.89 Å². The fraction of sp³-hybridized carbons (Fsp3) is 0.672. The van der Waals surface area contributed by atoms with E-state index in [9.17, 15) is 14.3 Å². The number of phosphoric acid groups is 1. The predicted octanol–water partition coefficient (Wildman–Crippen LogP) is 16.1. The number of unbranched alkanes of at least 4 members (excludes halogenated alkanes) is 16. The molecule has 0 aromatic heterocycles. The highest BCUT2D eigenvalue weighted by Crippen LogP contribution is 2.38. The predicted molar refractivity (Wildman–Crippen MR) is 286 cm³/mol. The Morgan fingerprint density at radius 3 is 1.30 bits per heavy atom. The van der Waals surface area contributed by atoms with E-state index in [1.165, 1.54) is 83.5 Å². The highest BCUT2D eigenvalue weighted by atomic mass is 31.2. The summed E-state index contributed by atoms with van der Waals surface area (Å²) in [5.74, 6) is -0.358. The molecule has 0 saturated carbocycles. The van der Waals surface area contributed by atoms with E-state index in [0.717, 1.165) is 89.9 Å². The number of hydrogen-bond acceptors (Lipinski definition) is 7. The number of carbonyl (C=O) groups is 1. The Labute approximate surface area is 412 Å². The van der Waals surface area contributed by atoms with Crippen LogP contribution in [0.15, 0.2) is 109 Å². The van der Waals surface area contributed by atoms with E-state index >= 15 is 0 Å². The molecule has 8 nitrogen and oxygen atoms in total. The number of allylic oxidation sites excluding steroid dienone is 18. The molecule has 0 amide bonds. The standard InChI is InChI=1S/C58H100NO7P/c1-6-8-10-12-14-16-18-20-22-24-26-28-29-30-32-34-36-38-40-42-44-46-48-50-53-63-55-57(56-65-67(61,62)64-54-52-59(3,4)5)66-58(60)51-49-47-45-43-41-39-37-35-33-31-27-25-23-21-19-17-15-13-11-9-7-2/h8,10,14,16,19-22,25-28,30,32,36,38,42,44,57H,6-7,9,11-13,15,17-18,23-24,29,31,33-35,37,39-41,43,45-56H2,1-5H3/b10-8-,16-14-,21-19-,22-20-,27-25-,28-26-,32-30-,38-36-,44-42-. The van der Waals surface area contributed by atoms with E-state index in [2.05, 4.69) is 123 Å². The topological polar surface area (TPSA) is 94.1 Å². The Morgan fingerprint density at radius 1 is 0.478 bits per heavy atom. The zero-order valence-electron chi connectivity index (χ0n) is 43.6. The van der Waals surface area contributed by atoms with Crippen molar-refractivity contribution in [2.45, 2.75) is 200 Å². The molecule has 9 heteroatoms. The van der Waals surface area contributed by atoms with Crippen molar-refractivity contribution in [2.24, 2.45) is 0 Å². The van der Waals surface area contributed by atoms with Crippen LogP contribution in [0.3, 0.4) is 0 Å². The van der Waals surface area contributed by atoms with Gasteiger partial charge in [-0.1, -0.05) is 194 Å². The first kappa shape index (κ1) is 64.2. The number of ether oxygens (including phenoxy) is 2. The molecule has 0 heterocycles. The molecule has 0 aliphatic carbocycles. The van der Waals surface area contributed by atoms with Crippen LogP contribution in [0.5, 0.6) is 0 Å². The lowest BCUT2D eigenvalue weighted by Crippen LogP contribution is -2.37. The molecule has 0 aromatic carbocycles. The molecular formula is C58H100NO7P. The monoisotopic (exact) mass is 954 g/mol. The summed E-state index contributed by atoms with van der Waals surface area (Å²) < 4.78 is 34.7. The Hall–Kier alpha value is -2.84. The minimum absolute atomic E-state index is 0.0102. The molecule has 2 atom stereocenters. The lowest BCUT2D eigenvalue weighted by molar-refractivity contribution is -0.870. The Kier molecular flexibility index (Phi) is 47.5. The number of carbonyl (C=O) groups excluding carboxylic acids is 1. The van der Waals surface area contributed by atoms with Crippen LogP contribution in [0.2, 0.25) is 0 Å². The van der Waals surface area contributed by atoms with Crippen molar-refractivity contribution >= 4 is 13.8 Å². The first-order chi connectivity index (χ1) is 32.6. The first-order valence-corrected chi connectivity index (χ1v) is 28.1. The molecule has 0 bridgehead atoms. The number of nitrogens with zero attached hydrogens (tertiary/aromatic N) is 1. The Balaban J connectivity index is 4.26. The van der Waals surface area contributed by atoms with Gasteiger partial charge in [-0.3, -0.25) is 9.36 Å². The Bertz CT molecular complexity index is 1430. The van der Waals surface area contributed by atoms with Gasteiger partial charge in [0.1, 0.15) is 19.3 Å². The number of rotatable bonds is 48. The van der Waals surface area contributed by atoms with Crippen LogP contribution in [0.25, 0.3) is 0 Å². The lowest BCUT2D eigenvalue weighted by Gasteiger charge is -2.28. The fourth-order valence-corrected chi connectivity index (χ4v) is 7.46. The number of likely N-dealkylation sites (N-methyl/N-ethyl adjacent to an activating group) is 1. The summed E-state index contributed by atoms with van der Waals surface area (Å²) in [6.45, 7) is 5.15. The normalized spacial score (nSPS) is 14.4. The average Bonchev–Trinajstić information content (AvgIpc) is 3.29. The van der Waals surface area contributed by atoms with Gasteiger partial charge in [0.15, 0.2) is 0 Å². The molecule has 0 rings (SSSR count). The van der Waals surface area contributed by atoms with Crippen LogP contribution in [-0.4, -0.2) is 70.7 Å². The van der Waals surface area contributed by atoms with Crippen molar-refractivity contribution in [3.05, 3.63) is 109 Å². The average molecular weight is 954 g/mol. The van der Waals surface area contributed by atoms with Crippen LogP contribution in [-0.2, 0) is 27.9 Å². The maximum atomic E-state index is 12.8. The number of phosphoric ester groups is 1. The van der Waals surface area contributed by atoms with Crippen molar-refractivity contribution in [3.63, 3.8) is 0 Å². The van der Waals surface area contributed by atoms with Gasteiger partial charge in [0.25, 0.3) is 7.82 Å². The highest BCUT2D eigenvalue weighted by Gasteiger charge is 2.20. The van der Waals surface area contributed by atoms with Gasteiger partial charge in [0, 0.05) is 13.0 Å². The van der Waals surface area contributed by atoms with Gasteiger partial charge >= 0.3 is 5.97 Å². The molecule has 0 aliphatic heterocycles. The van der Waals surface area contributed by atoms with Gasteiger partial charge in [-0.15, -0.1) is 0 Å². The number of esters is 1. The molecular weight excluding hydrogens is 854 g/mol. The minimum Gasteiger partial charge on any atom is -0.756 e. The summed E-state index contributed by atoms with van der Waals surface area (Å²) in [7, 11) is 1.31. The molecule has 0 spiro atoms. The molecule has 0 radical (unpaired) electrons. The van der Waals surface area contributed by atoms with Gasteiger partial charge in [0.2, 0.25) is 0 Å². The molecule has 0 fully saturated rings. The van der Waals surface area contributed by atoms with E-state index in [1.807, 2.05) is 21.1 Å². The van der Waals surface area contributed by atoms with Crippen molar-refractivity contribution in [1.29, 1.82) is 0 Å². The van der Waals surface area contributed by atoms with E-state index in [0.29, 0.717) is 24.1 Å². The van der Waals surface area contributed by atoms with Crippen molar-refractivity contribution < 1.29 is 37.3 Å².